The van der Waals surface area contributed by atoms with Crippen molar-refractivity contribution in [2.75, 3.05) is 19.8 Å². The zero-order chi connectivity index (χ0) is 37.3. The molecule has 7 fully saturated rings. The minimum Gasteiger partial charge on any atom is -0.462 e. The van der Waals surface area contributed by atoms with Crippen molar-refractivity contribution in [1.82, 2.24) is 0 Å². The Morgan fingerprint density at radius 3 is 2.12 bits per heavy atom. The summed E-state index contributed by atoms with van der Waals surface area (Å²) < 4.78 is 32.5. The molecule has 7 rings (SSSR count). The molecule has 2 saturated heterocycles. The van der Waals surface area contributed by atoms with Crippen LogP contribution >= 0.6 is 0 Å². The van der Waals surface area contributed by atoms with Crippen LogP contribution in [0.25, 0.3) is 0 Å². The molecule has 296 valence electrons. The quantitative estimate of drug-likeness (QED) is 0.141. The van der Waals surface area contributed by atoms with Gasteiger partial charge in [-0.3, -0.25) is 4.79 Å². The van der Waals surface area contributed by atoms with Crippen LogP contribution < -0.4 is 0 Å². The van der Waals surface area contributed by atoms with Crippen LogP contribution in [0.15, 0.2) is 12.2 Å². The normalized spacial score (nSPS) is 47.4. The second kappa shape index (κ2) is 14.2. The Morgan fingerprint density at radius 2 is 1.48 bits per heavy atom. The minimum atomic E-state index is -0.140. The van der Waals surface area contributed by atoms with Gasteiger partial charge in [0, 0.05) is 24.5 Å². The van der Waals surface area contributed by atoms with Crippen LogP contribution in [0.1, 0.15) is 165 Å². The van der Waals surface area contributed by atoms with E-state index in [0.29, 0.717) is 42.1 Å². The first-order chi connectivity index (χ1) is 24.4. The molecule has 0 aromatic heterocycles. The molecule has 0 N–H and O–H groups in total. The summed E-state index contributed by atoms with van der Waals surface area (Å²) in [5.74, 6) is 2.37. The Bertz CT molecular complexity index is 1310. The van der Waals surface area contributed by atoms with Crippen LogP contribution in [0, 0.1) is 62.1 Å². The fourth-order valence-corrected chi connectivity index (χ4v) is 14.7. The van der Waals surface area contributed by atoms with Crippen LogP contribution in [0.5, 0.6) is 0 Å². The molecular weight excluding hydrogens is 649 g/mol. The Morgan fingerprint density at radius 1 is 0.788 bits per heavy atom. The highest BCUT2D eigenvalue weighted by Gasteiger charge is 2.72. The van der Waals surface area contributed by atoms with Crippen LogP contribution in [-0.2, 0) is 28.5 Å². The summed E-state index contributed by atoms with van der Waals surface area (Å²) in [7, 11) is 0. The van der Waals surface area contributed by atoms with Crippen molar-refractivity contribution in [2.24, 2.45) is 62.1 Å². The first-order valence-electron chi connectivity index (χ1n) is 21.8. The summed E-state index contributed by atoms with van der Waals surface area (Å²) in [6.07, 6.45) is 17.8. The summed E-state index contributed by atoms with van der Waals surface area (Å²) in [5.41, 5.74) is 1.90. The number of fused-ring (bicyclic) bond motifs is 7. The lowest BCUT2D eigenvalue weighted by Crippen LogP contribution is -2.67. The molecular formula is C46H76O6. The van der Waals surface area contributed by atoms with Crippen molar-refractivity contribution in [3.8, 4) is 0 Å². The third kappa shape index (κ3) is 6.70. The standard InChI is InChI=1S/C46H76O6/c1-30(2)39-32(51-36(47)28-41(3,4)5)27-46(29-50-37-15-11-13-25-48-37)24-23-44(9)31(40(39)46)17-18-34-43(8)21-20-35(52-38-16-12-14-26-49-38)42(6,7)33(43)19-22-45(34,44)10/h31-35,37-40H,1,11-29H2,2-10H3/t31-,32+,33+,34-,35+,37?,38?,39-,40+,43+,44-,45-,46+/m1/s1. The average Bonchev–Trinajstić information content (AvgIpc) is 3.39. The van der Waals surface area contributed by atoms with Gasteiger partial charge >= 0.3 is 5.97 Å². The van der Waals surface area contributed by atoms with E-state index >= 15 is 0 Å². The van der Waals surface area contributed by atoms with Gasteiger partial charge in [0.1, 0.15) is 6.10 Å². The highest BCUT2D eigenvalue weighted by Crippen LogP contribution is 2.78. The Balaban J connectivity index is 1.18. The lowest BCUT2D eigenvalue weighted by Gasteiger charge is -2.73. The van der Waals surface area contributed by atoms with Crippen LogP contribution in [0.3, 0.4) is 0 Å². The van der Waals surface area contributed by atoms with Gasteiger partial charge in [-0.25, -0.2) is 0 Å². The van der Waals surface area contributed by atoms with E-state index in [0.717, 1.165) is 58.2 Å². The van der Waals surface area contributed by atoms with E-state index in [2.05, 4.69) is 68.9 Å². The van der Waals surface area contributed by atoms with Crippen molar-refractivity contribution in [3.05, 3.63) is 12.2 Å². The fraction of sp³-hybridized carbons (Fsp3) is 0.935. The largest absolute Gasteiger partial charge is 0.462 e. The SMILES string of the molecule is C=C(C)[C@H]1[C@@H]2[C@H]3CC[C@@H]4[C@@]5(C)CC[C@H](OC6CCCCO6)C(C)(C)[C@@H]5CC[C@@]4(C)[C@]3(C)CC[C@@]2(COC2CCCCO2)C[C@@H]1OC(=O)CC(C)(C)C. The molecule has 2 aliphatic heterocycles. The smallest absolute Gasteiger partial charge is 0.306 e. The van der Waals surface area contributed by atoms with E-state index in [1.165, 1.54) is 56.9 Å². The van der Waals surface area contributed by atoms with Gasteiger partial charge in [-0.15, -0.1) is 0 Å². The molecule has 0 bridgehead atoms. The van der Waals surface area contributed by atoms with Crippen molar-refractivity contribution in [1.29, 1.82) is 0 Å². The molecule has 0 spiro atoms. The van der Waals surface area contributed by atoms with E-state index < -0.39 is 0 Å². The lowest BCUT2D eigenvalue weighted by atomic mass is 9.32. The number of carbonyl (C=O) groups excluding carboxylic acids is 1. The van der Waals surface area contributed by atoms with Gasteiger partial charge in [-0.2, -0.15) is 0 Å². The number of ether oxygens (including phenoxy) is 5. The van der Waals surface area contributed by atoms with E-state index in [1.807, 2.05) is 0 Å². The molecule has 2 heterocycles. The maximum atomic E-state index is 13.5. The number of hydrogen-bond acceptors (Lipinski definition) is 6. The number of hydrogen-bond donors (Lipinski definition) is 0. The number of carbonyl (C=O) groups is 1. The molecule has 6 heteroatoms. The molecule has 5 saturated carbocycles. The molecule has 0 amide bonds. The third-order valence-electron chi connectivity index (χ3n) is 17.2. The van der Waals surface area contributed by atoms with Gasteiger partial charge in [0.2, 0.25) is 0 Å². The molecule has 5 aliphatic carbocycles. The number of rotatable bonds is 8. The van der Waals surface area contributed by atoms with Gasteiger partial charge < -0.3 is 23.7 Å². The first-order valence-corrected chi connectivity index (χ1v) is 21.8. The molecule has 2 unspecified atom stereocenters. The van der Waals surface area contributed by atoms with Crippen molar-refractivity contribution in [3.63, 3.8) is 0 Å². The van der Waals surface area contributed by atoms with Gasteiger partial charge in [0.05, 0.1) is 19.1 Å². The second-order valence-corrected chi connectivity index (χ2v) is 21.8. The minimum absolute atomic E-state index is 0.0222. The molecule has 0 aromatic rings. The lowest BCUT2D eigenvalue weighted by molar-refractivity contribution is -0.276. The van der Waals surface area contributed by atoms with Gasteiger partial charge in [0.15, 0.2) is 12.6 Å². The summed E-state index contributed by atoms with van der Waals surface area (Å²) >= 11 is 0. The van der Waals surface area contributed by atoms with Crippen molar-refractivity contribution >= 4 is 5.97 Å². The molecule has 52 heavy (non-hydrogen) atoms. The van der Waals surface area contributed by atoms with Gasteiger partial charge in [0.25, 0.3) is 0 Å². The summed E-state index contributed by atoms with van der Waals surface area (Å²) in [6, 6.07) is 0. The summed E-state index contributed by atoms with van der Waals surface area (Å²) in [6.45, 7) is 28.8. The van der Waals surface area contributed by atoms with E-state index in [4.69, 9.17) is 23.7 Å². The monoisotopic (exact) mass is 725 g/mol. The molecule has 6 nitrogen and oxygen atoms in total. The Labute approximate surface area is 317 Å². The third-order valence-corrected chi connectivity index (χ3v) is 17.2. The maximum absolute atomic E-state index is 13.5. The van der Waals surface area contributed by atoms with Crippen LogP contribution in [0.4, 0.5) is 0 Å². The highest BCUT2D eigenvalue weighted by molar-refractivity contribution is 5.70. The highest BCUT2D eigenvalue weighted by atomic mass is 16.7. The van der Waals surface area contributed by atoms with Crippen molar-refractivity contribution < 1.29 is 28.5 Å². The van der Waals surface area contributed by atoms with E-state index in [-0.39, 0.29) is 63.8 Å². The topological polar surface area (TPSA) is 63.2 Å². The Kier molecular flexibility index (Phi) is 10.7. The summed E-state index contributed by atoms with van der Waals surface area (Å²) in [5, 5.41) is 0. The van der Waals surface area contributed by atoms with E-state index in [1.54, 1.807) is 0 Å². The van der Waals surface area contributed by atoms with Crippen LogP contribution in [0.2, 0.25) is 0 Å². The Hall–Kier alpha value is -0.950. The molecule has 7 aliphatic rings. The fourth-order valence-electron chi connectivity index (χ4n) is 14.7. The van der Waals surface area contributed by atoms with Crippen molar-refractivity contribution in [2.45, 2.75) is 190 Å². The predicted molar refractivity (Wildman–Crippen MR) is 206 cm³/mol. The second-order valence-electron chi connectivity index (χ2n) is 21.8. The van der Waals surface area contributed by atoms with E-state index in [9.17, 15) is 4.79 Å². The predicted octanol–water partition coefficient (Wildman–Crippen LogP) is 11.1. The molecule has 0 radical (unpaired) electrons. The number of esters is 1. The average molecular weight is 725 g/mol. The van der Waals surface area contributed by atoms with Gasteiger partial charge in [-0.1, -0.05) is 67.5 Å². The zero-order valence-electron chi connectivity index (χ0n) is 34.8. The van der Waals surface area contributed by atoms with Crippen LogP contribution in [-0.4, -0.2) is 50.6 Å². The maximum Gasteiger partial charge on any atom is 0.306 e. The zero-order valence-corrected chi connectivity index (χ0v) is 34.8. The van der Waals surface area contributed by atoms with Gasteiger partial charge in [-0.05, 0) is 154 Å². The molecule has 13 atom stereocenters. The first kappa shape index (κ1) is 39.3. The molecule has 0 aromatic carbocycles. The summed E-state index contributed by atoms with van der Waals surface area (Å²) in [4.78, 5) is 13.5.